The molecule has 0 atom stereocenters. The van der Waals surface area contributed by atoms with Crippen molar-refractivity contribution in [2.45, 2.75) is 30.2 Å². The standard InChI is InChI=1S/C14H17F3N2O3S/c1-2-22-12(20)4-3-9-18-13(21)19-10-5-7-11(8-6-10)23-14(15,16)17/h5-8H,2-4,9H2,1H3,(H2,18,19,21). The van der Waals surface area contributed by atoms with E-state index in [4.69, 9.17) is 4.74 Å². The molecule has 0 aliphatic heterocycles. The van der Waals surface area contributed by atoms with Crippen molar-refractivity contribution in [3.05, 3.63) is 24.3 Å². The molecule has 0 aliphatic carbocycles. The van der Waals surface area contributed by atoms with E-state index in [1.807, 2.05) is 0 Å². The van der Waals surface area contributed by atoms with Gasteiger partial charge in [-0.25, -0.2) is 4.79 Å². The third-order valence-electron chi connectivity index (χ3n) is 2.49. The van der Waals surface area contributed by atoms with Crippen LogP contribution in [0.5, 0.6) is 0 Å². The van der Waals surface area contributed by atoms with Crippen molar-refractivity contribution in [2.24, 2.45) is 0 Å². The number of halogens is 3. The van der Waals surface area contributed by atoms with Crippen LogP contribution in [-0.4, -0.2) is 30.7 Å². The summed E-state index contributed by atoms with van der Waals surface area (Å²) < 4.78 is 41.3. The number of esters is 1. The summed E-state index contributed by atoms with van der Waals surface area (Å²) in [4.78, 5) is 22.7. The first kappa shape index (κ1) is 19.1. The molecule has 2 amide bonds. The van der Waals surface area contributed by atoms with Crippen LogP contribution in [0, 0.1) is 0 Å². The van der Waals surface area contributed by atoms with Crippen LogP contribution in [0.3, 0.4) is 0 Å². The number of carbonyl (C=O) groups is 2. The Bertz CT molecular complexity index is 521. The monoisotopic (exact) mass is 350 g/mol. The molecule has 0 spiro atoms. The molecule has 9 heteroatoms. The predicted molar refractivity (Wildman–Crippen MR) is 81.2 cm³/mol. The molecule has 128 valence electrons. The second kappa shape index (κ2) is 9.29. The van der Waals surface area contributed by atoms with Gasteiger partial charge in [0.05, 0.1) is 6.61 Å². The first-order valence-electron chi connectivity index (χ1n) is 6.86. The van der Waals surface area contributed by atoms with Crippen molar-refractivity contribution < 1.29 is 27.5 Å². The van der Waals surface area contributed by atoms with Gasteiger partial charge < -0.3 is 15.4 Å². The largest absolute Gasteiger partial charge is 0.466 e. The van der Waals surface area contributed by atoms with Crippen LogP contribution in [0.2, 0.25) is 0 Å². The van der Waals surface area contributed by atoms with E-state index in [1.54, 1.807) is 6.92 Å². The molecule has 23 heavy (non-hydrogen) atoms. The summed E-state index contributed by atoms with van der Waals surface area (Å²) in [6, 6.07) is 4.81. The van der Waals surface area contributed by atoms with Crippen LogP contribution in [0.4, 0.5) is 23.7 Å². The number of carbonyl (C=O) groups excluding carboxylic acids is 2. The van der Waals surface area contributed by atoms with Gasteiger partial charge >= 0.3 is 17.5 Å². The normalized spacial score (nSPS) is 11.0. The van der Waals surface area contributed by atoms with E-state index in [2.05, 4.69) is 10.6 Å². The van der Waals surface area contributed by atoms with Crippen LogP contribution in [-0.2, 0) is 9.53 Å². The SMILES string of the molecule is CCOC(=O)CCCNC(=O)Nc1ccc(SC(F)(F)F)cc1. The lowest BCUT2D eigenvalue weighted by Gasteiger charge is -2.09. The Kier molecular flexibility index (Phi) is 7.73. The molecule has 1 aromatic carbocycles. The molecule has 1 rings (SSSR count). The Morgan fingerprint density at radius 3 is 2.43 bits per heavy atom. The molecule has 0 saturated heterocycles. The van der Waals surface area contributed by atoms with Gasteiger partial charge in [0.15, 0.2) is 0 Å². The molecule has 1 aromatic rings. The summed E-state index contributed by atoms with van der Waals surface area (Å²) >= 11 is -0.220. The first-order valence-corrected chi connectivity index (χ1v) is 7.68. The summed E-state index contributed by atoms with van der Waals surface area (Å²) in [7, 11) is 0. The van der Waals surface area contributed by atoms with Gasteiger partial charge in [0.1, 0.15) is 0 Å². The third kappa shape index (κ3) is 8.97. The minimum atomic E-state index is -4.34. The first-order chi connectivity index (χ1) is 10.8. The maximum absolute atomic E-state index is 12.2. The highest BCUT2D eigenvalue weighted by atomic mass is 32.2. The van der Waals surface area contributed by atoms with Crippen LogP contribution in [0.25, 0.3) is 0 Å². The molecule has 2 N–H and O–H groups in total. The summed E-state index contributed by atoms with van der Waals surface area (Å²) in [5.41, 5.74) is -3.97. The van der Waals surface area contributed by atoms with Crippen LogP contribution in [0.1, 0.15) is 19.8 Å². The van der Waals surface area contributed by atoms with Gasteiger partial charge in [0.2, 0.25) is 0 Å². The lowest BCUT2D eigenvalue weighted by atomic mass is 10.3. The van der Waals surface area contributed by atoms with E-state index in [9.17, 15) is 22.8 Å². The number of amides is 2. The zero-order chi connectivity index (χ0) is 17.3. The van der Waals surface area contributed by atoms with Gasteiger partial charge in [0.25, 0.3) is 0 Å². The third-order valence-corrected chi connectivity index (χ3v) is 3.23. The number of urea groups is 1. The summed E-state index contributed by atoms with van der Waals surface area (Å²) in [5, 5.41) is 5.03. The molecule has 0 bridgehead atoms. The van der Waals surface area contributed by atoms with Gasteiger partial charge in [0, 0.05) is 23.5 Å². The Morgan fingerprint density at radius 2 is 1.87 bits per heavy atom. The highest BCUT2D eigenvalue weighted by Crippen LogP contribution is 2.36. The number of hydrogen-bond acceptors (Lipinski definition) is 4. The topological polar surface area (TPSA) is 67.4 Å². The fraction of sp³-hybridized carbons (Fsp3) is 0.429. The lowest BCUT2D eigenvalue weighted by Crippen LogP contribution is -2.29. The molecule has 0 aliphatic rings. The summed E-state index contributed by atoms with van der Waals surface area (Å²) in [6.45, 7) is 2.31. The van der Waals surface area contributed by atoms with Crippen molar-refractivity contribution in [3.63, 3.8) is 0 Å². The highest BCUT2D eigenvalue weighted by Gasteiger charge is 2.28. The molecule has 0 fully saturated rings. The van der Waals surface area contributed by atoms with E-state index in [0.29, 0.717) is 18.7 Å². The van der Waals surface area contributed by atoms with Gasteiger partial charge in [-0.3, -0.25) is 4.79 Å². The fourth-order valence-electron chi connectivity index (χ4n) is 1.58. The van der Waals surface area contributed by atoms with Crippen LogP contribution in [0.15, 0.2) is 29.2 Å². The molecular formula is C14H17F3N2O3S. The lowest BCUT2D eigenvalue weighted by molar-refractivity contribution is -0.143. The maximum Gasteiger partial charge on any atom is 0.446 e. The zero-order valence-corrected chi connectivity index (χ0v) is 13.2. The average molecular weight is 350 g/mol. The van der Waals surface area contributed by atoms with E-state index in [-0.39, 0.29) is 35.6 Å². The predicted octanol–water partition coefficient (Wildman–Crippen LogP) is 3.76. The minimum absolute atomic E-state index is 0.0397. The highest BCUT2D eigenvalue weighted by molar-refractivity contribution is 8.00. The Balaban J connectivity index is 2.30. The number of anilines is 1. The van der Waals surface area contributed by atoms with E-state index in [0.717, 1.165) is 0 Å². The number of ether oxygens (including phenoxy) is 1. The average Bonchev–Trinajstić information content (AvgIpc) is 2.44. The van der Waals surface area contributed by atoms with Crippen molar-refractivity contribution in [1.82, 2.24) is 5.32 Å². The van der Waals surface area contributed by atoms with Gasteiger partial charge in [-0.15, -0.1) is 0 Å². The van der Waals surface area contributed by atoms with Crippen molar-refractivity contribution in [1.29, 1.82) is 0 Å². The Hall–Kier alpha value is -1.90. The Labute approximate surface area is 136 Å². The second-order valence-corrected chi connectivity index (χ2v) is 5.50. The molecular weight excluding hydrogens is 333 g/mol. The maximum atomic E-state index is 12.2. The Morgan fingerprint density at radius 1 is 1.22 bits per heavy atom. The second-order valence-electron chi connectivity index (χ2n) is 4.36. The van der Waals surface area contributed by atoms with Crippen molar-refractivity contribution in [2.75, 3.05) is 18.5 Å². The van der Waals surface area contributed by atoms with E-state index < -0.39 is 11.5 Å². The molecule has 0 saturated carbocycles. The van der Waals surface area contributed by atoms with Crippen molar-refractivity contribution >= 4 is 29.4 Å². The molecule has 5 nitrogen and oxygen atoms in total. The minimum Gasteiger partial charge on any atom is -0.466 e. The number of rotatable bonds is 7. The molecule has 0 radical (unpaired) electrons. The number of hydrogen-bond donors (Lipinski definition) is 2. The number of thioether (sulfide) groups is 1. The molecule has 0 aromatic heterocycles. The zero-order valence-electron chi connectivity index (χ0n) is 12.4. The van der Waals surface area contributed by atoms with E-state index >= 15 is 0 Å². The number of nitrogens with one attached hydrogen (secondary N) is 2. The van der Waals surface area contributed by atoms with E-state index in [1.165, 1.54) is 24.3 Å². The number of alkyl halides is 3. The molecule has 0 unspecified atom stereocenters. The smallest absolute Gasteiger partial charge is 0.446 e. The van der Waals surface area contributed by atoms with Gasteiger partial charge in [-0.1, -0.05) is 0 Å². The van der Waals surface area contributed by atoms with Crippen LogP contribution >= 0.6 is 11.8 Å². The van der Waals surface area contributed by atoms with Gasteiger partial charge in [-0.2, -0.15) is 13.2 Å². The molecule has 0 heterocycles. The summed E-state index contributed by atoms with van der Waals surface area (Å²) in [6.07, 6.45) is 0.644. The number of benzene rings is 1. The quantitative estimate of drug-likeness (QED) is 0.446. The van der Waals surface area contributed by atoms with Crippen LogP contribution < -0.4 is 10.6 Å². The fourth-order valence-corrected chi connectivity index (χ4v) is 2.12. The van der Waals surface area contributed by atoms with Gasteiger partial charge in [-0.05, 0) is 49.4 Å². The summed E-state index contributed by atoms with van der Waals surface area (Å²) in [5.74, 6) is -0.326. The van der Waals surface area contributed by atoms with Crippen molar-refractivity contribution in [3.8, 4) is 0 Å².